The molecule has 0 saturated carbocycles. The summed E-state index contributed by atoms with van der Waals surface area (Å²) in [6.07, 6.45) is -2.89. The number of fused-ring (bicyclic) bond motifs is 1. The van der Waals surface area contributed by atoms with Gasteiger partial charge < -0.3 is 30.2 Å². The van der Waals surface area contributed by atoms with Crippen molar-refractivity contribution >= 4 is 28.5 Å². The van der Waals surface area contributed by atoms with E-state index in [1.807, 2.05) is 11.8 Å². The molecule has 2 amide bonds. The molecule has 1 saturated heterocycles. The Kier molecular flexibility index (Phi) is 10.3. The van der Waals surface area contributed by atoms with Gasteiger partial charge in [0.05, 0.1) is 42.3 Å². The third-order valence-electron chi connectivity index (χ3n) is 7.39. The van der Waals surface area contributed by atoms with Crippen molar-refractivity contribution in [3.8, 4) is 17.6 Å². The van der Waals surface area contributed by atoms with Gasteiger partial charge in [0.2, 0.25) is 0 Å². The monoisotopic (exact) mass is 620 g/mol. The zero-order chi connectivity index (χ0) is 32.0. The van der Waals surface area contributed by atoms with Gasteiger partial charge in [-0.15, -0.1) is 0 Å². The lowest BCUT2D eigenvalue weighted by Gasteiger charge is -2.36. The van der Waals surface area contributed by atoms with Crippen LogP contribution >= 0.6 is 0 Å². The van der Waals surface area contributed by atoms with Crippen LogP contribution < -0.4 is 20.7 Å². The van der Waals surface area contributed by atoms with Crippen LogP contribution in [-0.2, 0) is 6.54 Å². The van der Waals surface area contributed by atoms with Gasteiger partial charge in [0.15, 0.2) is 0 Å². The minimum absolute atomic E-state index is 0.00841. The Balaban J connectivity index is 1.61. The van der Waals surface area contributed by atoms with Crippen molar-refractivity contribution in [2.24, 2.45) is 5.92 Å². The summed E-state index contributed by atoms with van der Waals surface area (Å²) in [6.45, 7) is 1.71. The molecule has 2 atom stereocenters. The minimum atomic E-state index is -4.52. The molecule has 3 aromatic rings. The molecule has 0 unspecified atom stereocenters. The molecule has 2 aromatic carbocycles. The number of carbonyl (C=O) groups is 2. The number of carbonyl (C=O) groups excluding carboxylic acids is 2. The summed E-state index contributed by atoms with van der Waals surface area (Å²) in [5, 5.41) is 8.28. The van der Waals surface area contributed by atoms with E-state index in [1.165, 1.54) is 32.4 Å². The van der Waals surface area contributed by atoms with Crippen LogP contribution in [0.25, 0.3) is 11.0 Å². The van der Waals surface area contributed by atoms with Crippen LogP contribution in [0, 0.1) is 23.6 Å². The quantitative estimate of drug-likeness (QED) is 0.247. The Morgan fingerprint density at radius 1 is 1.16 bits per heavy atom. The highest BCUT2D eigenvalue weighted by Gasteiger charge is 2.31. The minimum Gasteiger partial charge on any atom is -0.494 e. The smallest absolute Gasteiger partial charge is 0.406 e. The lowest BCUT2D eigenvalue weighted by Crippen LogP contribution is -2.50. The van der Waals surface area contributed by atoms with E-state index in [0.29, 0.717) is 31.7 Å². The number of nitrogens with one attached hydrogen (secondary N) is 3. The maximum atomic E-state index is 14.3. The second-order valence-corrected chi connectivity index (χ2v) is 10.5. The number of aromatic nitrogens is 2. The molecule has 1 aliphatic heterocycles. The molecule has 4 rings (SSSR count). The van der Waals surface area contributed by atoms with Gasteiger partial charge in [0.1, 0.15) is 30.3 Å². The first kappa shape index (κ1) is 32.5. The lowest BCUT2D eigenvalue weighted by atomic mass is 9.93. The maximum absolute atomic E-state index is 14.3. The van der Waals surface area contributed by atoms with Gasteiger partial charge in [-0.1, -0.05) is 18.8 Å². The molecule has 236 valence electrons. The molecule has 1 fully saturated rings. The van der Waals surface area contributed by atoms with Crippen LogP contribution in [0.5, 0.6) is 5.75 Å². The summed E-state index contributed by atoms with van der Waals surface area (Å²) in [6, 6.07) is 5.03. The molecule has 0 aliphatic carbocycles. The van der Waals surface area contributed by atoms with E-state index in [4.69, 9.17) is 4.74 Å². The number of nitrogens with zero attached hydrogens (tertiary/aromatic N) is 3. The standard InChI is InChI=1S/C30H33F5N6O3/c1-18-15-40(10-7-31)9-6-23(18)39-29(43)21-11-19(12-25-27(21)38-17-41(25)16-30(33,34)35)5-4-8-37-24-13-20(28(42)36-2)22(32)14-26(24)44-3/h11-14,17-18,23,37H,6-10,15-16H2,1-3H3,(H,36,42)(H,39,43)/t18-,23-/m0/s1. The SMILES string of the molecule is CNC(=O)c1cc(NCC#Cc2cc(C(=O)N[C@H]3CCN(CCF)C[C@@H]3C)c3ncn(CC(F)(F)F)c3c2)c(OC)cc1F. The fraction of sp³-hybridized carbons (Fsp3) is 0.433. The molecule has 0 spiro atoms. The number of ether oxygens (including phenoxy) is 1. The van der Waals surface area contributed by atoms with Crippen molar-refractivity contribution in [3.05, 3.63) is 53.1 Å². The summed E-state index contributed by atoms with van der Waals surface area (Å²) >= 11 is 0. The number of anilines is 1. The molecule has 2 heterocycles. The Morgan fingerprint density at radius 3 is 2.59 bits per heavy atom. The average molecular weight is 621 g/mol. The topological polar surface area (TPSA) is 101 Å². The fourth-order valence-corrected chi connectivity index (χ4v) is 5.20. The van der Waals surface area contributed by atoms with Crippen LogP contribution in [0.3, 0.4) is 0 Å². The van der Waals surface area contributed by atoms with Crippen molar-refractivity contribution in [2.45, 2.75) is 32.1 Å². The molecule has 1 aliphatic rings. The van der Waals surface area contributed by atoms with Gasteiger partial charge in [-0.2, -0.15) is 13.2 Å². The number of likely N-dealkylation sites (tertiary alicyclic amines) is 1. The van der Waals surface area contributed by atoms with Crippen molar-refractivity contribution in [1.29, 1.82) is 0 Å². The van der Waals surface area contributed by atoms with Crippen molar-refractivity contribution < 1.29 is 36.3 Å². The molecule has 44 heavy (non-hydrogen) atoms. The molecule has 0 radical (unpaired) electrons. The number of hydrogen-bond acceptors (Lipinski definition) is 6. The highest BCUT2D eigenvalue weighted by atomic mass is 19.4. The number of piperidine rings is 1. The average Bonchev–Trinajstić information content (AvgIpc) is 3.37. The number of amides is 2. The van der Waals surface area contributed by atoms with E-state index in [2.05, 4.69) is 32.8 Å². The number of benzene rings is 2. The highest BCUT2D eigenvalue weighted by molar-refractivity contribution is 6.05. The van der Waals surface area contributed by atoms with Crippen LogP contribution in [0.1, 0.15) is 39.6 Å². The normalized spacial score (nSPS) is 17.1. The second-order valence-electron chi connectivity index (χ2n) is 10.5. The first-order valence-corrected chi connectivity index (χ1v) is 13.9. The molecular weight excluding hydrogens is 587 g/mol. The van der Waals surface area contributed by atoms with Gasteiger partial charge in [-0.25, -0.2) is 13.8 Å². The zero-order valence-corrected chi connectivity index (χ0v) is 24.4. The van der Waals surface area contributed by atoms with E-state index in [1.54, 1.807) is 0 Å². The summed E-state index contributed by atoms with van der Waals surface area (Å²) in [4.78, 5) is 31.6. The van der Waals surface area contributed by atoms with Crippen LogP contribution in [0.2, 0.25) is 0 Å². The van der Waals surface area contributed by atoms with Crippen LogP contribution in [0.4, 0.5) is 27.6 Å². The third-order valence-corrected chi connectivity index (χ3v) is 7.39. The first-order chi connectivity index (χ1) is 20.9. The highest BCUT2D eigenvalue weighted by Crippen LogP contribution is 2.28. The molecule has 14 heteroatoms. The van der Waals surface area contributed by atoms with Crippen molar-refractivity contribution in [3.63, 3.8) is 0 Å². The van der Waals surface area contributed by atoms with E-state index >= 15 is 0 Å². The van der Waals surface area contributed by atoms with Gasteiger partial charge >= 0.3 is 6.18 Å². The van der Waals surface area contributed by atoms with Crippen LogP contribution in [-0.4, -0.2) is 85.5 Å². The van der Waals surface area contributed by atoms with Gasteiger partial charge in [0, 0.05) is 44.4 Å². The van der Waals surface area contributed by atoms with Crippen molar-refractivity contribution in [1.82, 2.24) is 25.1 Å². The first-order valence-electron chi connectivity index (χ1n) is 13.9. The summed E-state index contributed by atoms with van der Waals surface area (Å²) in [5.74, 6) is 3.97. The number of rotatable bonds is 9. The summed E-state index contributed by atoms with van der Waals surface area (Å²) in [7, 11) is 2.71. The third kappa shape index (κ3) is 7.76. The second kappa shape index (κ2) is 13.9. The van der Waals surface area contributed by atoms with Gasteiger partial charge in [-0.3, -0.25) is 9.59 Å². The molecule has 1 aromatic heterocycles. The summed E-state index contributed by atoms with van der Waals surface area (Å²) in [5.41, 5.74) is 0.646. The zero-order valence-electron chi connectivity index (χ0n) is 24.4. The largest absolute Gasteiger partial charge is 0.494 e. The van der Waals surface area contributed by atoms with E-state index in [0.717, 1.165) is 17.0 Å². The number of imidazole rings is 1. The Bertz CT molecular complexity index is 1580. The predicted molar refractivity (Wildman–Crippen MR) is 155 cm³/mol. The summed E-state index contributed by atoms with van der Waals surface area (Å²) < 4.78 is 73.1. The number of alkyl halides is 4. The fourth-order valence-electron chi connectivity index (χ4n) is 5.20. The molecule has 0 bridgehead atoms. The van der Waals surface area contributed by atoms with E-state index in [9.17, 15) is 31.5 Å². The Labute approximate surface area is 251 Å². The number of halogens is 5. The van der Waals surface area contributed by atoms with Gasteiger partial charge in [0.25, 0.3) is 11.8 Å². The van der Waals surface area contributed by atoms with Gasteiger partial charge in [-0.05, 0) is 30.5 Å². The lowest BCUT2D eigenvalue weighted by molar-refractivity contribution is -0.139. The Morgan fingerprint density at radius 2 is 1.93 bits per heavy atom. The van der Waals surface area contributed by atoms with E-state index < -0.39 is 37.0 Å². The maximum Gasteiger partial charge on any atom is 0.406 e. The molecule has 3 N–H and O–H groups in total. The number of methoxy groups -OCH3 is 1. The van der Waals surface area contributed by atoms with Crippen molar-refractivity contribution in [2.75, 3.05) is 52.3 Å². The molecular formula is C30H33F5N6O3. The molecule has 9 nitrogen and oxygen atoms in total. The van der Waals surface area contributed by atoms with Crippen LogP contribution in [0.15, 0.2) is 30.6 Å². The predicted octanol–water partition coefficient (Wildman–Crippen LogP) is 3.98. The Hall–Kier alpha value is -4.38. The number of hydrogen-bond donors (Lipinski definition) is 3. The van der Waals surface area contributed by atoms with E-state index in [-0.39, 0.29) is 52.0 Å².